The highest BCUT2D eigenvalue weighted by molar-refractivity contribution is 5.84. The number of nitrogens with zero attached hydrogens (tertiary/aromatic N) is 2. The van der Waals surface area contributed by atoms with E-state index in [1.54, 1.807) is 0 Å². The lowest BCUT2D eigenvalue weighted by Crippen LogP contribution is -2.50. The normalized spacial score (nSPS) is 27.7. The zero-order valence-corrected chi connectivity index (χ0v) is 17.5. The van der Waals surface area contributed by atoms with Crippen LogP contribution < -0.4 is 5.32 Å². The minimum atomic E-state index is -0.167. The van der Waals surface area contributed by atoms with Gasteiger partial charge in [-0.15, -0.1) is 0 Å². The summed E-state index contributed by atoms with van der Waals surface area (Å²) in [6.07, 6.45) is 11.7. The van der Waals surface area contributed by atoms with E-state index in [9.17, 15) is 9.59 Å². The molecule has 0 aromatic carbocycles. The van der Waals surface area contributed by atoms with Crippen LogP contribution >= 0.6 is 0 Å². The summed E-state index contributed by atoms with van der Waals surface area (Å²) < 4.78 is 0. The molecule has 154 valence electrons. The third-order valence-corrected chi connectivity index (χ3v) is 6.89. The maximum Gasteiger partial charge on any atom is 0.230 e. The molecular weight excluding hydrogens is 338 g/mol. The van der Waals surface area contributed by atoms with Crippen LogP contribution in [0.4, 0.5) is 0 Å². The first-order chi connectivity index (χ1) is 13.0. The third kappa shape index (κ3) is 5.46. The molecule has 0 aromatic rings. The molecule has 0 radical (unpaired) electrons. The Morgan fingerprint density at radius 1 is 1.11 bits per heavy atom. The monoisotopic (exact) mass is 377 g/mol. The third-order valence-electron chi connectivity index (χ3n) is 6.89. The molecule has 27 heavy (non-hydrogen) atoms. The summed E-state index contributed by atoms with van der Waals surface area (Å²) in [4.78, 5) is 29.7. The highest BCUT2D eigenvalue weighted by atomic mass is 16.2. The molecule has 1 saturated carbocycles. The average molecular weight is 378 g/mol. The molecule has 2 saturated heterocycles. The minimum Gasteiger partial charge on any atom is -0.354 e. The van der Waals surface area contributed by atoms with Crippen LogP contribution in [0, 0.1) is 11.3 Å². The van der Waals surface area contributed by atoms with Crippen molar-refractivity contribution in [2.75, 3.05) is 32.7 Å². The largest absolute Gasteiger partial charge is 0.354 e. The first-order valence-electron chi connectivity index (χ1n) is 11.3. The highest BCUT2D eigenvalue weighted by Gasteiger charge is 2.48. The number of carbonyl (C=O) groups is 2. The number of amides is 2. The predicted molar refractivity (Wildman–Crippen MR) is 108 cm³/mol. The summed E-state index contributed by atoms with van der Waals surface area (Å²) in [5, 5.41) is 2.96. The second-order valence-corrected chi connectivity index (χ2v) is 9.47. The second kappa shape index (κ2) is 9.40. The fraction of sp³-hybridized carbons (Fsp3) is 0.909. The summed E-state index contributed by atoms with van der Waals surface area (Å²) in [6.45, 7) is 8.47. The first kappa shape index (κ1) is 20.6. The van der Waals surface area contributed by atoms with Crippen LogP contribution in [0.3, 0.4) is 0 Å². The van der Waals surface area contributed by atoms with Gasteiger partial charge in [-0.25, -0.2) is 0 Å². The number of likely N-dealkylation sites (tertiary alicyclic amines) is 2. The van der Waals surface area contributed by atoms with Crippen molar-refractivity contribution >= 4 is 11.8 Å². The van der Waals surface area contributed by atoms with Crippen LogP contribution in [0.5, 0.6) is 0 Å². The van der Waals surface area contributed by atoms with Gasteiger partial charge in [-0.3, -0.25) is 9.59 Å². The topological polar surface area (TPSA) is 52.7 Å². The first-order valence-corrected chi connectivity index (χ1v) is 11.3. The quantitative estimate of drug-likeness (QED) is 0.741. The zero-order chi connectivity index (χ0) is 19.3. The Balaban J connectivity index is 1.47. The summed E-state index contributed by atoms with van der Waals surface area (Å²) >= 11 is 0. The fourth-order valence-electron chi connectivity index (χ4n) is 5.36. The van der Waals surface area contributed by atoms with Gasteiger partial charge in [0.25, 0.3) is 0 Å². The molecule has 2 amide bonds. The van der Waals surface area contributed by atoms with Gasteiger partial charge in [-0.1, -0.05) is 32.1 Å². The standard InChI is InChI=1S/C22H39N3O2/c1-18(2)23-20(26)10-14-24-16-12-22(17-24)11-6-13-25(21(22)27)15-9-19-7-4-3-5-8-19/h18-19H,3-17H2,1-2H3,(H,23,26). The van der Waals surface area contributed by atoms with E-state index in [-0.39, 0.29) is 17.4 Å². The minimum absolute atomic E-state index is 0.120. The number of carbonyl (C=O) groups excluding carboxylic acids is 2. The number of piperidine rings is 1. The Labute approximate surface area is 165 Å². The van der Waals surface area contributed by atoms with Gasteiger partial charge in [0.1, 0.15) is 0 Å². The molecule has 1 N–H and O–H groups in total. The molecule has 3 aliphatic rings. The molecule has 0 aromatic heterocycles. The fourth-order valence-corrected chi connectivity index (χ4v) is 5.36. The van der Waals surface area contributed by atoms with Crippen molar-refractivity contribution in [3.05, 3.63) is 0 Å². The molecule has 1 aliphatic carbocycles. The van der Waals surface area contributed by atoms with Crippen molar-refractivity contribution in [3.63, 3.8) is 0 Å². The molecule has 3 rings (SSSR count). The SMILES string of the molecule is CC(C)NC(=O)CCN1CCC2(CCCN(CCC3CCCCC3)C2=O)C1. The Hall–Kier alpha value is -1.10. The van der Waals surface area contributed by atoms with E-state index >= 15 is 0 Å². The molecule has 3 fully saturated rings. The Morgan fingerprint density at radius 3 is 2.63 bits per heavy atom. The van der Waals surface area contributed by atoms with Crippen LogP contribution in [0.15, 0.2) is 0 Å². The zero-order valence-electron chi connectivity index (χ0n) is 17.5. The number of hydrogen-bond acceptors (Lipinski definition) is 3. The van der Waals surface area contributed by atoms with E-state index in [0.29, 0.717) is 12.3 Å². The van der Waals surface area contributed by atoms with E-state index < -0.39 is 0 Å². The maximum atomic E-state index is 13.3. The van der Waals surface area contributed by atoms with Gasteiger partial charge in [-0.05, 0) is 52.0 Å². The Bertz CT molecular complexity index is 516. The van der Waals surface area contributed by atoms with Crippen molar-refractivity contribution in [3.8, 4) is 0 Å². The summed E-state index contributed by atoms with van der Waals surface area (Å²) in [6, 6.07) is 0.195. The maximum absolute atomic E-state index is 13.3. The molecule has 1 unspecified atom stereocenters. The van der Waals surface area contributed by atoms with Crippen LogP contribution in [-0.2, 0) is 9.59 Å². The van der Waals surface area contributed by atoms with Gasteiger partial charge in [0.15, 0.2) is 0 Å². The second-order valence-electron chi connectivity index (χ2n) is 9.47. The van der Waals surface area contributed by atoms with E-state index in [1.807, 2.05) is 13.8 Å². The molecule has 0 bridgehead atoms. The van der Waals surface area contributed by atoms with Crippen molar-refractivity contribution in [2.24, 2.45) is 11.3 Å². The van der Waals surface area contributed by atoms with Crippen molar-refractivity contribution < 1.29 is 9.59 Å². The summed E-state index contributed by atoms with van der Waals surface area (Å²) in [5.41, 5.74) is -0.167. The van der Waals surface area contributed by atoms with E-state index in [0.717, 1.165) is 57.9 Å². The lowest BCUT2D eigenvalue weighted by molar-refractivity contribution is -0.145. The van der Waals surface area contributed by atoms with Crippen LogP contribution in [0.2, 0.25) is 0 Å². The molecule has 5 nitrogen and oxygen atoms in total. The van der Waals surface area contributed by atoms with Gasteiger partial charge in [0, 0.05) is 38.6 Å². The summed E-state index contributed by atoms with van der Waals surface area (Å²) in [7, 11) is 0. The Morgan fingerprint density at radius 2 is 1.89 bits per heavy atom. The van der Waals surface area contributed by atoms with Crippen LogP contribution in [-0.4, -0.2) is 60.4 Å². The van der Waals surface area contributed by atoms with Crippen LogP contribution in [0.1, 0.15) is 78.1 Å². The molecule has 2 aliphatic heterocycles. The number of rotatable bonds is 7. The average Bonchev–Trinajstić information content (AvgIpc) is 3.06. The van der Waals surface area contributed by atoms with Gasteiger partial charge in [0.05, 0.1) is 5.41 Å². The molecule has 1 spiro atoms. The predicted octanol–water partition coefficient (Wildman–Crippen LogP) is 3.19. The van der Waals surface area contributed by atoms with E-state index in [4.69, 9.17) is 0 Å². The van der Waals surface area contributed by atoms with Crippen LogP contribution in [0.25, 0.3) is 0 Å². The van der Waals surface area contributed by atoms with Crippen molar-refractivity contribution in [1.29, 1.82) is 0 Å². The molecule has 5 heteroatoms. The smallest absolute Gasteiger partial charge is 0.230 e. The Kier molecular flexibility index (Phi) is 7.18. The van der Waals surface area contributed by atoms with Gasteiger partial charge in [0.2, 0.25) is 11.8 Å². The summed E-state index contributed by atoms with van der Waals surface area (Å²) in [5.74, 6) is 1.36. The molecular formula is C22H39N3O2. The van der Waals surface area contributed by atoms with Gasteiger partial charge < -0.3 is 15.1 Å². The van der Waals surface area contributed by atoms with Crippen molar-refractivity contribution in [2.45, 2.75) is 84.1 Å². The number of nitrogens with one attached hydrogen (secondary N) is 1. The molecule has 2 heterocycles. The lowest BCUT2D eigenvalue weighted by atomic mass is 9.78. The van der Waals surface area contributed by atoms with Gasteiger partial charge >= 0.3 is 0 Å². The van der Waals surface area contributed by atoms with Crippen molar-refractivity contribution in [1.82, 2.24) is 15.1 Å². The van der Waals surface area contributed by atoms with Gasteiger partial charge in [-0.2, -0.15) is 0 Å². The highest BCUT2D eigenvalue weighted by Crippen LogP contribution is 2.40. The lowest BCUT2D eigenvalue weighted by Gasteiger charge is -2.40. The molecule has 1 atom stereocenters. The van der Waals surface area contributed by atoms with E-state index in [2.05, 4.69) is 15.1 Å². The number of hydrogen-bond donors (Lipinski definition) is 1. The van der Waals surface area contributed by atoms with E-state index in [1.165, 1.54) is 38.5 Å².